The first-order chi connectivity index (χ1) is 28.3. The first-order valence-electron chi connectivity index (χ1n) is 21.8. The minimum absolute atomic E-state index is 0.00979. The third-order valence-electron chi connectivity index (χ3n) is 15.9. The average Bonchev–Trinajstić information content (AvgIpc) is 3.74. The standard InChI is InChI=1S/C49H59N5O5/c1-30(2)37-27-38(43(56)28-42(37)55)44-51-52-45(57)54(44)35-11-8-31(9-12-35)25-32-17-23-53(24-18-32)46(58)59-36-14-19-47(3)34(26-36)10-13-41-40(47)16-21-48(4)39(15-20-49(41,48)5)33-7-6-22-50-29-33/h6-12,15,22,27-30,32,36,40-41,55-56H,13-14,16-21,23-26H2,1-5H3,(H,52,57)/t36-,40-,41+,47-,48+,49-/m0/s1. The van der Waals surface area contributed by atoms with Crippen LogP contribution in [0.1, 0.15) is 115 Å². The second kappa shape index (κ2) is 14.9. The van der Waals surface area contributed by atoms with E-state index >= 15 is 0 Å². The lowest BCUT2D eigenvalue weighted by molar-refractivity contribution is -0.0797. The number of phenols is 2. The van der Waals surface area contributed by atoms with Crippen molar-refractivity contribution in [1.29, 1.82) is 0 Å². The minimum Gasteiger partial charge on any atom is -0.508 e. The lowest BCUT2D eigenvalue weighted by Gasteiger charge is -2.62. The molecule has 0 spiro atoms. The van der Waals surface area contributed by atoms with E-state index in [1.54, 1.807) is 6.07 Å². The van der Waals surface area contributed by atoms with Gasteiger partial charge in [0.15, 0.2) is 5.82 Å². The lowest BCUT2D eigenvalue weighted by atomic mass is 9.42. The molecule has 10 heteroatoms. The number of carbonyl (C=O) groups is 1. The number of piperidine rings is 1. The summed E-state index contributed by atoms with van der Waals surface area (Å²) in [5.74, 6) is 1.90. The zero-order valence-electron chi connectivity index (χ0n) is 35.2. The molecule has 0 bridgehead atoms. The fourth-order valence-corrected chi connectivity index (χ4v) is 12.2. The van der Waals surface area contributed by atoms with Crippen molar-refractivity contribution in [2.24, 2.45) is 34.0 Å². The summed E-state index contributed by atoms with van der Waals surface area (Å²) in [6.07, 6.45) is 19.0. The summed E-state index contributed by atoms with van der Waals surface area (Å²) >= 11 is 0. The number of aromatic hydroxyl groups is 3. The molecule has 1 saturated heterocycles. The Bertz CT molecular complexity index is 2290. The number of nitrogens with zero attached hydrogens (tertiary/aromatic N) is 5. The molecule has 4 aliphatic carbocycles. The van der Waals surface area contributed by atoms with E-state index in [-0.39, 0.29) is 57.7 Å². The van der Waals surface area contributed by atoms with Crippen LogP contribution in [-0.2, 0) is 11.2 Å². The van der Waals surface area contributed by atoms with Crippen LogP contribution in [-0.4, -0.2) is 65.3 Å². The summed E-state index contributed by atoms with van der Waals surface area (Å²) in [5, 5.41) is 39.8. The Labute approximate surface area is 348 Å². The largest absolute Gasteiger partial charge is 0.508 e. The molecule has 2 aromatic carbocycles. The van der Waals surface area contributed by atoms with E-state index in [0.29, 0.717) is 47.7 Å². The van der Waals surface area contributed by atoms with Crippen LogP contribution >= 0.6 is 0 Å². The van der Waals surface area contributed by atoms with Crippen molar-refractivity contribution in [1.82, 2.24) is 24.6 Å². The molecule has 1 amide bonds. The van der Waals surface area contributed by atoms with Gasteiger partial charge in [0, 0.05) is 38.0 Å². The molecule has 0 unspecified atom stereocenters. The summed E-state index contributed by atoms with van der Waals surface area (Å²) < 4.78 is 7.78. The molecule has 2 saturated carbocycles. The molecule has 4 aromatic rings. The SMILES string of the molecule is CC(C)c1cc(-c2nnc(O)n2-c2ccc(CC3CCN(C(=O)O[C@H]4CC[C@@]5(C)C(=CC[C@@H]6[C@@H]5CC[C@]5(C)C(c7cccnc7)=CC[C@@]65C)C4)CC3)cc2)c(O)cc1O. The molecular formula is C49H59N5O5. The zero-order valence-corrected chi connectivity index (χ0v) is 35.2. The highest BCUT2D eigenvalue weighted by Crippen LogP contribution is 2.71. The molecule has 6 atom stereocenters. The molecule has 0 radical (unpaired) electrons. The second-order valence-corrected chi connectivity index (χ2v) is 19.2. The number of benzene rings is 2. The van der Waals surface area contributed by atoms with Gasteiger partial charge in [0.1, 0.15) is 17.6 Å². The monoisotopic (exact) mass is 797 g/mol. The third kappa shape index (κ3) is 6.61. The van der Waals surface area contributed by atoms with Crippen molar-refractivity contribution in [3.8, 4) is 34.6 Å². The fourth-order valence-electron chi connectivity index (χ4n) is 12.2. The summed E-state index contributed by atoms with van der Waals surface area (Å²) in [6, 6.07) is 14.9. The summed E-state index contributed by atoms with van der Waals surface area (Å²) in [4.78, 5) is 19.9. The zero-order chi connectivity index (χ0) is 41.3. The molecule has 3 N–H and O–H groups in total. The van der Waals surface area contributed by atoms with E-state index in [9.17, 15) is 20.1 Å². The van der Waals surface area contributed by atoms with Crippen LogP contribution in [0.4, 0.5) is 4.79 Å². The molecule has 2 aromatic heterocycles. The Morgan fingerprint density at radius 3 is 2.42 bits per heavy atom. The molecule has 59 heavy (non-hydrogen) atoms. The molecule has 3 fully saturated rings. The number of carbonyl (C=O) groups excluding carboxylic acids is 1. The number of likely N-dealkylation sites (tertiary alicyclic amines) is 1. The van der Waals surface area contributed by atoms with Crippen LogP contribution in [0.2, 0.25) is 0 Å². The maximum atomic E-state index is 13.6. The maximum Gasteiger partial charge on any atom is 0.410 e. The van der Waals surface area contributed by atoms with Gasteiger partial charge in [-0.15, -0.1) is 5.10 Å². The molecule has 310 valence electrons. The topological polar surface area (TPSA) is 134 Å². The van der Waals surface area contributed by atoms with Crippen molar-refractivity contribution in [2.45, 2.75) is 111 Å². The normalized spacial score (nSPS) is 29.3. The van der Waals surface area contributed by atoms with Gasteiger partial charge in [-0.2, -0.15) is 0 Å². The van der Waals surface area contributed by atoms with Gasteiger partial charge in [-0.25, -0.2) is 9.36 Å². The Morgan fingerprint density at radius 2 is 1.69 bits per heavy atom. The van der Waals surface area contributed by atoms with E-state index in [2.05, 4.69) is 60.2 Å². The number of amides is 1. The van der Waals surface area contributed by atoms with Crippen molar-refractivity contribution >= 4 is 11.7 Å². The molecule has 3 heterocycles. The van der Waals surface area contributed by atoms with Crippen LogP contribution in [0.3, 0.4) is 0 Å². The van der Waals surface area contributed by atoms with Gasteiger partial charge >= 0.3 is 12.1 Å². The third-order valence-corrected chi connectivity index (χ3v) is 15.9. The first kappa shape index (κ1) is 39.3. The number of hydrogen-bond donors (Lipinski definition) is 3. The smallest absolute Gasteiger partial charge is 0.410 e. The highest BCUT2D eigenvalue weighted by molar-refractivity contribution is 5.74. The van der Waals surface area contributed by atoms with Gasteiger partial charge in [0.25, 0.3) is 0 Å². The number of allylic oxidation sites excluding steroid dienone is 3. The van der Waals surface area contributed by atoms with Gasteiger partial charge in [-0.3, -0.25) is 4.98 Å². The number of rotatable bonds is 7. The number of aromatic nitrogens is 4. The van der Waals surface area contributed by atoms with Crippen LogP contribution in [0, 0.1) is 34.0 Å². The molecule has 10 nitrogen and oxygen atoms in total. The number of pyridine rings is 1. The summed E-state index contributed by atoms with van der Waals surface area (Å²) in [6.45, 7) is 12.9. The van der Waals surface area contributed by atoms with Gasteiger partial charge < -0.3 is 25.0 Å². The Kier molecular flexibility index (Phi) is 9.91. The quantitative estimate of drug-likeness (QED) is 0.157. The fraction of sp³-hybridized carbons (Fsp3) is 0.510. The van der Waals surface area contributed by atoms with Gasteiger partial charge in [0.2, 0.25) is 0 Å². The van der Waals surface area contributed by atoms with Crippen LogP contribution in [0.15, 0.2) is 78.6 Å². The van der Waals surface area contributed by atoms with Gasteiger partial charge in [0.05, 0.1) is 11.3 Å². The number of phenolic OH excluding ortho intramolecular Hbond substituents is 2. The van der Waals surface area contributed by atoms with Crippen molar-refractivity contribution in [3.05, 3.63) is 95.3 Å². The van der Waals surface area contributed by atoms with Crippen LogP contribution < -0.4 is 0 Å². The van der Waals surface area contributed by atoms with Gasteiger partial charge in [-0.05, 0) is 144 Å². The predicted molar refractivity (Wildman–Crippen MR) is 228 cm³/mol. The Balaban J connectivity index is 0.792. The number of ether oxygens (including phenoxy) is 1. The van der Waals surface area contributed by atoms with Crippen LogP contribution in [0.5, 0.6) is 17.5 Å². The number of hydrogen-bond acceptors (Lipinski definition) is 8. The van der Waals surface area contributed by atoms with E-state index in [1.807, 2.05) is 55.4 Å². The lowest BCUT2D eigenvalue weighted by Crippen LogP contribution is -2.54. The molecule has 9 rings (SSSR count). The van der Waals surface area contributed by atoms with Crippen LogP contribution in [0.25, 0.3) is 22.6 Å². The molecule has 5 aliphatic rings. The van der Waals surface area contributed by atoms with E-state index in [4.69, 9.17) is 4.74 Å². The van der Waals surface area contributed by atoms with Crippen molar-refractivity contribution in [3.63, 3.8) is 0 Å². The van der Waals surface area contributed by atoms with Crippen molar-refractivity contribution < 1.29 is 24.9 Å². The number of fused-ring (bicyclic) bond motifs is 5. The van der Waals surface area contributed by atoms with E-state index < -0.39 is 0 Å². The molecular weight excluding hydrogens is 739 g/mol. The maximum absolute atomic E-state index is 13.6. The minimum atomic E-state index is -0.291. The molecule has 1 aliphatic heterocycles. The summed E-state index contributed by atoms with van der Waals surface area (Å²) in [7, 11) is 0. The highest BCUT2D eigenvalue weighted by atomic mass is 16.6. The Morgan fingerprint density at radius 1 is 0.915 bits per heavy atom. The van der Waals surface area contributed by atoms with Crippen molar-refractivity contribution in [2.75, 3.05) is 13.1 Å². The Hall–Kier alpha value is -5.12. The average molecular weight is 798 g/mol. The summed E-state index contributed by atoms with van der Waals surface area (Å²) in [5.41, 5.74) is 7.70. The van der Waals surface area contributed by atoms with Gasteiger partial charge in [-0.1, -0.05) is 75.6 Å². The van der Waals surface area contributed by atoms with E-state index in [0.717, 1.165) is 51.4 Å². The predicted octanol–water partition coefficient (Wildman–Crippen LogP) is 10.4. The van der Waals surface area contributed by atoms with E-state index in [1.165, 1.54) is 45.7 Å². The first-order valence-corrected chi connectivity index (χ1v) is 21.8. The second-order valence-electron chi connectivity index (χ2n) is 19.2. The highest BCUT2D eigenvalue weighted by Gasteiger charge is 2.62.